The smallest absolute Gasteiger partial charge is 0.319 e. The molecule has 1 heterocycles. The summed E-state index contributed by atoms with van der Waals surface area (Å²) in [4.78, 5) is 15.1. The maximum absolute atomic E-state index is 11.8. The van der Waals surface area contributed by atoms with Crippen molar-refractivity contribution in [3.05, 3.63) is 65.3 Å². The third-order valence-electron chi connectivity index (χ3n) is 3.46. The number of hydrogen-bond acceptors (Lipinski definition) is 1. The molecule has 0 radical (unpaired) electrons. The molecule has 2 aromatic carbocycles. The van der Waals surface area contributed by atoms with Crippen molar-refractivity contribution in [2.24, 2.45) is 0 Å². The van der Waals surface area contributed by atoms with E-state index in [1.54, 1.807) is 24.3 Å². The molecule has 112 valence electrons. The zero-order chi connectivity index (χ0) is 15.4. The zero-order valence-corrected chi connectivity index (χ0v) is 12.7. The van der Waals surface area contributed by atoms with Gasteiger partial charge in [-0.2, -0.15) is 0 Å². The first-order valence-electron chi connectivity index (χ1n) is 7.08. The second-order valence-corrected chi connectivity index (χ2v) is 5.43. The first-order chi connectivity index (χ1) is 10.7. The predicted molar refractivity (Wildman–Crippen MR) is 90.5 cm³/mol. The number of carbonyl (C=O) groups excluding carboxylic acids is 1. The van der Waals surface area contributed by atoms with Crippen molar-refractivity contribution < 1.29 is 4.79 Å². The number of fused-ring (bicyclic) bond motifs is 1. The third-order valence-corrected chi connectivity index (χ3v) is 3.71. The van der Waals surface area contributed by atoms with Crippen LogP contribution in [0.15, 0.2) is 54.7 Å². The van der Waals surface area contributed by atoms with E-state index < -0.39 is 0 Å². The summed E-state index contributed by atoms with van der Waals surface area (Å²) in [6.45, 7) is 0.571. The van der Waals surface area contributed by atoms with E-state index in [1.807, 2.05) is 24.4 Å². The van der Waals surface area contributed by atoms with E-state index in [2.05, 4.69) is 21.7 Å². The minimum Gasteiger partial charge on any atom is -0.361 e. The van der Waals surface area contributed by atoms with Gasteiger partial charge >= 0.3 is 6.03 Å². The second kappa shape index (κ2) is 6.54. The molecule has 22 heavy (non-hydrogen) atoms. The lowest BCUT2D eigenvalue weighted by atomic mass is 10.1. The van der Waals surface area contributed by atoms with Crippen LogP contribution >= 0.6 is 11.6 Å². The minimum atomic E-state index is -0.220. The Kier molecular flexibility index (Phi) is 4.30. The van der Waals surface area contributed by atoms with Gasteiger partial charge in [-0.25, -0.2) is 4.79 Å². The lowest BCUT2D eigenvalue weighted by molar-refractivity contribution is 0.252. The fourth-order valence-corrected chi connectivity index (χ4v) is 2.48. The van der Waals surface area contributed by atoms with E-state index in [0.29, 0.717) is 17.3 Å². The Balaban J connectivity index is 1.52. The highest BCUT2D eigenvalue weighted by Crippen LogP contribution is 2.17. The van der Waals surface area contributed by atoms with E-state index in [-0.39, 0.29) is 6.03 Å². The number of amides is 2. The van der Waals surface area contributed by atoms with Crippen LogP contribution in [0.1, 0.15) is 5.56 Å². The van der Waals surface area contributed by atoms with Crippen LogP contribution in [0.4, 0.5) is 10.5 Å². The van der Waals surface area contributed by atoms with Crippen LogP contribution in [-0.4, -0.2) is 17.6 Å². The summed E-state index contributed by atoms with van der Waals surface area (Å²) in [7, 11) is 0. The lowest BCUT2D eigenvalue weighted by Gasteiger charge is -2.07. The molecule has 0 aliphatic carbocycles. The molecular weight excluding hydrogens is 298 g/mol. The molecule has 3 aromatic rings. The van der Waals surface area contributed by atoms with Gasteiger partial charge in [0.1, 0.15) is 0 Å². The summed E-state index contributed by atoms with van der Waals surface area (Å²) in [5.74, 6) is 0. The van der Waals surface area contributed by atoms with Crippen LogP contribution in [0, 0.1) is 0 Å². The Morgan fingerprint density at radius 2 is 1.86 bits per heavy atom. The van der Waals surface area contributed by atoms with Gasteiger partial charge in [-0.15, -0.1) is 0 Å². The number of carbonyl (C=O) groups is 1. The van der Waals surface area contributed by atoms with Crippen LogP contribution in [0.25, 0.3) is 10.9 Å². The quantitative estimate of drug-likeness (QED) is 0.664. The Bertz CT molecular complexity index is 780. The molecule has 0 saturated carbocycles. The number of para-hydroxylation sites is 1. The molecule has 3 N–H and O–H groups in total. The molecule has 4 nitrogen and oxygen atoms in total. The van der Waals surface area contributed by atoms with Crippen LogP contribution in [0.3, 0.4) is 0 Å². The Morgan fingerprint density at radius 3 is 2.68 bits per heavy atom. The third kappa shape index (κ3) is 3.40. The Labute approximate surface area is 133 Å². The van der Waals surface area contributed by atoms with E-state index in [1.165, 1.54) is 10.9 Å². The Morgan fingerprint density at radius 1 is 1.09 bits per heavy atom. The Hall–Kier alpha value is -2.46. The largest absolute Gasteiger partial charge is 0.361 e. The van der Waals surface area contributed by atoms with Gasteiger partial charge < -0.3 is 15.6 Å². The van der Waals surface area contributed by atoms with Crippen LogP contribution in [-0.2, 0) is 6.42 Å². The topological polar surface area (TPSA) is 56.9 Å². The molecule has 2 amide bonds. The monoisotopic (exact) mass is 313 g/mol. The highest BCUT2D eigenvalue weighted by atomic mass is 35.5. The van der Waals surface area contributed by atoms with Gasteiger partial charge in [-0.1, -0.05) is 29.8 Å². The predicted octanol–water partition coefficient (Wildman–Crippen LogP) is 4.19. The summed E-state index contributed by atoms with van der Waals surface area (Å²) in [6, 6.07) is 14.9. The molecule has 1 aromatic heterocycles. The van der Waals surface area contributed by atoms with E-state index >= 15 is 0 Å². The number of aromatic nitrogens is 1. The maximum atomic E-state index is 11.8. The summed E-state index contributed by atoms with van der Waals surface area (Å²) >= 11 is 5.81. The van der Waals surface area contributed by atoms with Gasteiger partial charge in [0, 0.05) is 34.4 Å². The van der Waals surface area contributed by atoms with Gasteiger partial charge in [-0.05, 0) is 42.3 Å². The van der Waals surface area contributed by atoms with Crippen LogP contribution in [0.5, 0.6) is 0 Å². The number of anilines is 1. The average molecular weight is 314 g/mol. The molecule has 0 atom stereocenters. The van der Waals surface area contributed by atoms with Gasteiger partial charge in [0.2, 0.25) is 0 Å². The van der Waals surface area contributed by atoms with Gasteiger partial charge in [0.15, 0.2) is 0 Å². The molecule has 0 saturated heterocycles. The highest BCUT2D eigenvalue weighted by molar-refractivity contribution is 6.30. The number of hydrogen-bond donors (Lipinski definition) is 3. The average Bonchev–Trinajstić information content (AvgIpc) is 2.93. The van der Waals surface area contributed by atoms with Crippen molar-refractivity contribution in [2.75, 3.05) is 11.9 Å². The fraction of sp³-hybridized carbons (Fsp3) is 0.118. The molecule has 0 spiro atoms. The SMILES string of the molecule is O=C(NCCc1c[nH]c2ccccc12)Nc1ccc(Cl)cc1. The van der Waals surface area contributed by atoms with Crippen LogP contribution < -0.4 is 10.6 Å². The first-order valence-corrected chi connectivity index (χ1v) is 7.45. The minimum absolute atomic E-state index is 0.220. The maximum Gasteiger partial charge on any atom is 0.319 e. The fourth-order valence-electron chi connectivity index (χ4n) is 2.36. The second-order valence-electron chi connectivity index (χ2n) is 5.00. The first kappa shape index (κ1) is 14.5. The molecule has 0 fully saturated rings. The van der Waals surface area contributed by atoms with E-state index in [0.717, 1.165) is 11.9 Å². The molecular formula is C17H16ClN3O. The van der Waals surface area contributed by atoms with Crippen molar-refractivity contribution in [3.8, 4) is 0 Å². The van der Waals surface area contributed by atoms with Gasteiger partial charge in [0.05, 0.1) is 0 Å². The number of urea groups is 1. The number of halogens is 1. The van der Waals surface area contributed by atoms with Crippen molar-refractivity contribution in [3.63, 3.8) is 0 Å². The standard InChI is InChI=1S/C17H16ClN3O/c18-13-5-7-14(8-6-13)21-17(22)19-10-9-12-11-20-16-4-2-1-3-15(12)16/h1-8,11,20H,9-10H2,(H2,19,21,22). The van der Waals surface area contributed by atoms with E-state index in [9.17, 15) is 4.79 Å². The van der Waals surface area contributed by atoms with Crippen molar-refractivity contribution in [2.45, 2.75) is 6.42 Å². The summed E-state index contributed by atoms with van der Waals surface area (Å²) in [5, 5.41) is 7.46. The lowest BCUT2D eigenvalue weighted by Crippen LogP contribution is -2.30. The van der Waals surface area contributed by atoms with Crippen molar-refractivity contribution in [1.29, 1.82) is 0 Å². The van der Waals surface area contributed by atoms with Crippen molar-refractivity contribution in [1.82, 2.24) is 10.3 Å². The summed E-state index contributed by atoms with van der Waals surface area (Å²) < 4.78 is 0. The number of rotatable bonds is 4. The molecule has 5 heteroatoms. The van der Waals surface area contributed by atoms with Crippen LogP contribution in [0.2, 0.25) is 5.02 Å². The molecule has 0 unspecified atom stereocenters. The molecule has 0 bridgehead atoms. The molecule has 3 rings (SSSR count). The van der Waals surface area contributed by atoms with Crippen molar-refractivity contribution >= 4 is 34.2 Å². The normalized spacial score (nSPS) is 10.6. The zero-order valence-electron chi connectivity index (χ0n) is 11.9. The molecule has 0 aliphatic heterocycles. The van der Waals surface area contributed by atoms with Gasteiger partial charge in [-0.3, -0.25) is 0 Å². The van der Waals surface area contributed by atoms with Gasteiger partial charge in [0.25, 0.3) is 0 Å². The number of H-pyrrole nitrogens is 1. The number of benzene rings is 2. The number of nitrogens with one attached hydrogen (secondary N) is 3. The highest BCUT2D eigenvalue weighted by Gasteiger charge is 2.04. The summed E-state index contributed by atoms with van der Waals surface area (Å²) in [5.41, 5.74) is 3.03. The summed E-state index contributed by atoms with van der Waals surface area (Å²) in [6.07, 6.45) is 2.77. The van der Waals surface area contributed by atoms with E-state index in [4.69, 9.17) is 11.6 Å². The molecule has 0 aliphatic rings. The number of aromatic amines is 1.